The lowest BCUT2D eigenvalue weighted by atomic mass is 9.79. The van der Waals surface area contributed by atoms with Crippen molar-refractivity contribution in [2.75, 3.05) is 6.61 Å². The molecule has 1 saturated carbocycles. The second-order valence-corrected chi connectivity index (χ2v) is 4.10. The molecular formula is C12H16FNO. The van der Waals surface area contributed by atoms with Crippen LogP contribution in [0.2, 0.25) is 0 Å². The summed E-state index contributed by atoms with van der Waals surface area (Å²) < 4.78 is 18.5. The van der Waals surface area contributed by atoms with Gasteiger partial charge in [-0.1, -0.05) is 30.3 Å². The zero-order valence-corrected chi connectivity index (χ0v) is 8.60. The van der Waals surface area contributed by atoms with Crippen molar-refractivity contribution in [3.8, 4) is 0 Å². The number of hydrogen-bond acceptors (Lipinski definition) is 2. The van der Waals surface area contributed by atoms with Crippen molar-refractivity contribution in [1.29, 1.82) is 0 Å². The Balaban J connectivity index is 1.68. The quantitative estimate of drug-likeness (QED) is 0.821. The third-order valence-corrected chi connectivity index (χ3v) is 2.88. The summed E-state index contributed by atoms with van der Waals surface area (Å²) in [5.41, 5.74) is 6.59. The highest BCUT2D eigenvalue weighted by molar-refractivity contribution is 5.13. The SMILES string of the molecule is NC1CC(COCc2ccccc2)C1F. The number of ether oxygens (including phenoxy) is 1. The Hall–Kier alpha value is -0.930. The number of hydrogen-bond donors (Lipinski definition) is 1. The molecule has 1 fully saturated rings. The minimum Gasteiger partial charge on any atom is -0.376 e. The van der Waals surface area contributed by atoms with E-state index >= 15 is 0 Å². The summed E-state index contributed by atoms with van der Waals surface area (Å²) in [4.78, 5) is 0. The van der Waals surface area contributed by atoms with Crippen LogP contribution in [0.3, 0.4) is 0 Å². The minimum absolute atomic E-state index is 0.00344. The topological polar surface area (TPSA) is 35.2 Å². The van der Waals surface area contributed by atoms with Crippen molar-refractivity contribution >= 4 is 0 Å². The summed E-state index contributed by atoms with van der Waals surface area (Å²) in [5, 5.41) is 0. The summed E-state index contributed by atoms with van der Waals surface area (Å²) in [6, 6.07) is 9.63. The van der Waals surface area contributed by atoms with Crippen LogP contribution in [0.15, 0.2) is 30.3 Å². The third-order valence-electron chi connectivity index (χ3n) is 2.88. The standard InChI is InChI=1S/C12H16FNO/c13-12-10(6-11(12)14)8-15-7-9-4-2-1-3-5-9/h1-5,10-12H,6-8,14H2. The number of alkyl halides is 1. The third kappa shape index (κ3) is 2.55. The van der Waals surface area contributed by atoms with Gasteiger partial charge in [-0.3, -0.25) is 0 Å². The highest BCUT2D eigenvalue weighted by Gasteiger charge is 2.38. The molecule has 0 heterocycles. The first kappa shape index (κ1) is 10.6. The van der Waals surface area contributed by atoms with Crippen molar-refractivity contribution in [2.45, 2.75) is 25.2 Å². The van der Waals surface area contributed by atoms with Crippen LogP contribution in [0, 0.1) is 5.92 Å². The number of halogens is 1. The van der Waals surface area contributed by atoms with Crippen LogP contribution in [0.5, 0.6) is 0 Å². The fraction of sp³-hybridized carbons (Fsp3) is 0.500. The van der Waals surface area contributed by atoms with Gasteiger partial charge in [0.15, 0.2) is 0 Å². The van der Waals surface area contributed by atoms with Crippen molar-refractivity contribution in [1.82, 2.24) is 0 Å². The Morgan fingerprint density at radius 3 is 2.67 bits per heavy atom. The molecule has 82 valence electrons. The molecule has 1 aromatic carbocycles. The van der Waals surface area contributed by atoms with E-state index in [4.69, 9.17) is 10.5 Å². The van der Waals surface area contributed by atoms with E-state index in [2.05, 4.69) is 0 Å². The molecule has 1 aliphatic carbocycles. The van der Waals surface area contributed by atoms with E-state index in [1.54, 1.807) is 0 Å². The summed E-state index contributed by atoms with van der Waals surface area (Å²) >= 11 is 0. The number of benzene rings is 1. The largest absolute Gasteiger partial charge is 0.376 e. The Morgan fingerprint density at radius 1 is 1.33 bits per heavy atom. The van der Waals surface area contributed by atoms with Crippen LogP contribution in [-0.2, 0) is 11.3 Å². The van der Waals surface area contributed by atoms with Crippen LogP contribution >= 0.6 is 0 Å². The highest BCUT2D eigenvalue weighted by Crippen LogP contribution is 2.29. The van der Waals surface area contributed by atoms with Gasteiger partial charge in [0, 0.05) is 12.0 Å². The maximum Gasteiger partial charge on any atom is 0.120 e. The molecule has 3 unspecified atom stereocenters. The smallest absolute Gasteiger partial charge is 0.120 e. The van der Waals surface area contributed by atoms with Crippen LogP contribution in [-0.4, -0.2) is 18.8 Å². The molecule has 2 N–H and O–H groups in total. The first-order valence-electron chi connectivity index (χ1n) is 5.28. The second kappa shape index (κ2) is 4.73. The van der Waals surface area contributed by atoms with Crippen molar-refractivity contribution in [3.05, 3.63) is 35.9 Å². The first-order valence-corrected chi connectivity index (χ1v) is 5.28. The van der Waals surface area contributed by atoms with E-state index in [1.165, 1.54) is 0 Å². The Kier molecular flexibility index (Phi) is 3.34. The van der Waals surface area contributed by atoms with Gasteiger partial charge in [-0.2, -0.15) is 0 Å². The average molecular weight is 209 g/mol. The maximum atomic E-state index is 13.1. The molecule has 0 bridgehead atoms. The molecule has 0 aromatic heterocycles. The second-order valence-electron chi connectivity index (χ2n) is 4.10. The van der Waals surface area contributed by atoms with Gasteiger partial charge in [0.1, 0.15) is 6.17 Å². The van der Waals surface area contributed by atoms with Gasteiger partial charge in [-0.05, 0) is 12.0 Å². The fourth-order valence-electron chi connectivity index (χ4n) is 1.83. The zero-order chi connectivity index (χ0) is 10.7. The van der Waals surface area contributed by atoms with Gasteiger partial charge in [-0.15, -0.1) is 0 Å². The zero-order valence-electron chi connectivity index (χ0n) is 8.60. The van der Waals surface area contributed by atoms with Gasteiger partial charge in [-0.25, -0.2) is 4.39 Å². The molecule has 0 spiro atoms. The van der Waals surface area contributed by atoms with Crippen LogP contribution in [0.25, 0.3) is 0 Å². The molecule has 2 nitrogen and oxygen atoms in total. The molecule has 3 heteroatoms. The number of nitrogens with two attached hydrogens (primary N) is 1. The predicted octanol–water partition coefficient (Wildman–Crippen LogP) is 1.89. The Morgan fingerprint density at radius 2 is 2.07 bits per heavy atom. The Labute approximate surface area is 89.2 Å². The lowest BCUT2D eigenvalue weighted by Crippen LogP contribution is -2.51. The van der Waals surface area contributed by atoms with Crippen LogP contribution in [0.4, 0.5) is 4.39 Å². The molecule has 0 aliphatic heterocycles. The molecule has 15 heavy (non-hydrogen) atoms. The predicted molar refractivity (Wildman–Crippen MR) is 57.1 cm³/mol. The Bertz CT molecular complexity index is 304. The van der Waals surface area contributed by atoms with Gasteiger partial charge in [0.05, 0.1) is 13.2 Å². The van der Waals surface area contributed by atoms with Crippen LogP contribution < -0.4 is 5.73 Å². The molecule has 3 atom stereocenters. The summed E-state index contributed by atoms with van der Waals surface area (Å²) in [6.07, 6.45) is -0.128. The summed E-state index contributed by atoms with van der Waals surface area (Å²) in [6.45, 7) is 1.03. The summed E-state index contributed by atoms with van der Waals surface area (Å²) in [5.74, 6) is 0.00344. The molecular weight excluding hydrogens is 193 g/mol. The van der Waals surface area contributed by atoms with Gasteiger partial charge < -0.3 is 10.5 Å². The van der Waals surface area contributed by atoms with Crippen molar-refractivity contribution in [3.63, 3.8) is 0 Å². The summed E-state index contributed by atoms with van der Waals surface area (Å²) in [7, 11) is 0. The highest BCUT2D eigenvalue weighted by atomic mass is 19.1. The minimum atomic E-state index is -0.874. The van der Waals surface area contributed by atoms with E-state index in [1.807, 2.05) is 30.3 Å². The van der Waals surface area contributed by atoms with E-state index in [0.29, 0.717) is 13.2 Å². The molecule has 0 radical (unpaired) electrons. The van der Waals surface area contributed by atoms with Crippen LogP contribution in [0.1, 0.15) is 12.0 Å². The van der Waals surface area contributed by atoms with Gasteiger partial charge in [0.2, 0.25) is 0 Å². The van der Waals surface area contributed by atoms with E-state index < -0.39 is 6.17 Å². The molecule has 1 aliphatic rings. The molecule has 2 rings (SSSR count). The van der Waals surface area contributed by atoms with Crippen molar-refractivity contribution < 1.29 is 9.13 Å². The van der Waals surface area contributed by atoms with Crippen molar-refractivity contribution in [2.24, 2.45) is 11.7 Å². The van der Waals surface area contributed by atoms with Gasteiger partial charge in [0.25, 0.3) is 0 Å². The van der Waals surface area contributed by atoms with E-state index in [0.717, 1.165) is 12.0 Å². The normalized spacial score (nSPS) is 29.9. The molecule has 1 aromatic rings. The van der Waals surface area contributed by atoms with E-state index in [9.17, 15) is 4.39 Å². The number of rotatable bonds is 4. The fourth-order valence-corrected chi connectivity index (χ4v) is 1.83. The van der Waals surface area contributed by atoms with E-state index in [-0.39, 0.29) is 12.0 Å². The molecule has 0 saturated heterocycles. The first-order chi connectivity index (χ1) is 7.27. The average Bonchev–Trinajstić information content (AvgIpc) is 2.29. The lowest BCUT2D eigenvalue weighted by molar-refractivity contribution is -0.00675. The van der Waals surface area contributed by atoms with Gasteiger partial charge >= 0.3 is 0 Å². The monoisotopic (exact) mass is 209 g/mol. The molecule has 0 amide bonds. The lowest BCUT2D eigenvalue weighted by Gasteiger charge is -2.36. The maximum absolute atomic E-state index is 13.1.